The molecule has 3 rings (SSSR count). The highest BCUT2D eigenvalue weighted by atomic mass is 32.2. The van der Waals surface area contributed by atoms with Gasteiger partial charge in [0.2, 0.25) is 5.16 Å². The molecule has 0 bridgehead atoms. The Morgan fingerprint density at radius 2 is 1.83 bits per heavy atom. The summed E-state index contributed by atoms with van der Waals surface area (Å²) in [6.07, 6.45) is -0.914. The lowest BCUT2D eigenvalue weighted by Crippen LogP contribution is -2.07. The lowest BCUT2D eigenvalue weighted by Gasteiger charge is -2.11. The number of aromatic nitrogens is 4. The van der Waals surface area contributed by atoms with Gasteiger partial charge < -0.3 is 5.11 Å². The molecule has 23 heavy (non-hydrogen) atoms. The van der Waals surface area contributed by atoms with Crippen LogP contribution >= 0.6 is 11.8 Å². The monoisotopic (exact) mass is 330 g/mol. The van der Waals surface area contributed by atoms with E-state index in [4.69, 9.17) is 0 Å². The van der Waals surface area contributed by atoms with Gasteiger partial charge in [-0.15, -0.1) is 5.10 Å². The Labute approximate surface area is 137 Å². The van der Waals surface area contributed by atoms with E-state index in [1.54, 1.807) is 22.9 Å². The highest BCUT2D eigenvalue weighted by Gasteiger charge is 2.15. The highest BCUT2D eigenvalue weighted by molar-refractivity contribution is 7.99. The van der Waals surface area contributed by atoms with E-state index < -0.39 is 11.9 Å². The van der Waals surface area contributed by atoms with Crippen molar-refractivity contribution in [2.45, 2.75) is 17.8 Å². The smallest absolute Gasteiger partial charge is 0.209 e. The second-order valence-corrected chi connectivity index (χ2v) is 5.94. The molecule has 118 valence electrons. The molecule has 0 aliphatic heterocycles. The first-order valence-electron chi connectivity index (χ1n) is 7.09. The van der Waals surface area contributed by atoms with Gasteiger partial charge in [-0.1, -0.05) is 60.3 Å². The molecule has 0 aliphatic rings. The Balaban J connectivity index is 1.65. The summed E-state index contributed by atoms with van der Waals surface area (Å²) in [5.41, 5.74) is 1.36. The van der Waals surface area contributed by atoms with Crippen molar-refractivity contribution in [1.29, 1.82) is 0 Å². The summed E-state index contributed by atoms with van der Waals surface area (Å²) in [4.78, 5) is 0. The number of hydrogen-bond acceptors (Lipinski definition) is 5. The molecule has 0 amide bonds. The normalized spacial score (nSPS) is 12.3. The van der Waals surface area contributed by atoms with E-state index in [0.29, 0.717) is 11.7 Å². The number of nitrogens with zero attached hydrogens (tertiary/aromatic N) is 4. The Morgan fingerprint density at radius 3 is 2.61 bits per heavy atom. The van der Waals surface area contributed by atoms with E-state index in [1.807, 2.05) is 30.3 Å². The molecule has 1 atom stereocenters. The third-order valence-corrected chi connectivity index (χ3v) is 4.34. The molecule has 0 fully saturated rings. The summed E-state index contributed by atoms with van der Waals surface area (Å²) in [5.74, 6) is -0.139. The minimum Gasteiger partial charge on any atom is -0.387 e. The van der Waals surface area contributed by atoms with E-state index in [2.05, 4.69) is 15.5 Å². The molecular formula is C16H15FN4OS. The van der Waals surface area contributed by atoms with Crippen LogP contribution in [0.25, 0.3) is 0 Å². The van der Waals surface area contributed by atoms with Gasteiger partial charge >= 0.3 is 0 Å². The van der Waals surface area contributed by atoms with Gasteiger partial charge in [0.1, 0.15) is 5.82 Å². The highest BCUT2D eigenvalue weighted by Crippen LogP contribution is 2.24. The first kappa shape index (κ1) is 15.6. The predicted octanol–water partition coefficient (Wildman–Crippen LogP) is 2.69. The number of hydrogen-bond donors (Lipinski definition) is 1. The lowest BCUT2D eigenvalue weighted by molar-refractivity contribution is 0.199. The molecule has 1 aromatic heterocycles. The Kier molecular flexibility index (Phi) is 4.99. The molecule has 0 aliphatic carbocycles. The molecule has 0 saturated carbocycles. The molecule has 1 unspecified atom stereocenters. The quantitative estimate of drug-likeness (QED) is 0.704. The number of tetrazole rings is 1. The zero-order valence-corrected chi connectivity index (χ0v) is 13.0. The lowest BCUT2D eigenvalue weighted by atomic mass is 10.1. The Morgan fingerprint density at radius 1 is 1.09 bits per heavy atom. The number of thioether (sulfide) groups is 1. The van der Waals surface area contributed by atoms with Crippen LogP contribution in [0, 0.1) is 5.82 Å². The fourth-order valence-electron chi connectivity index (χ4n) is 2.14. The minimum atomic E-state index is -0.914. The predicted molar refractivity (Wildman–Crippen MR) is 85.4 cm³/mol. The van der Waals surface area contributed by atoms with Crippen molar-refractivity contribution in [3.8, 4) is 0 Å². The SMILES string of the molecule is OC(CSc1nnnn1Cc1ccccc1)c1ccccc1F. The fourth-order valence-corrected chi connectivity index (χ4v) is 2.97. The summed E-state index contributed by atoms with van der Waals surface area (Å²) in [5, 5.41) is 22.3. The largest absolute Gasteiger partial charge is 0.387 e. The zero-order valence-electron chi connectivity index (χ0n) is 12.2. The first-order valence-corrected chi connectivity index (χ1v) is 8.08. The van der Waals surface area contributed by atoms with Crippen molar-refractivity contribution in [1.82, 2.24) is 20.2 Å². The number of halogens is 1. The van der Waals surface area contributed by atoms with Gasteiger partial charge in [-0.05, 0) is 22.1 Å². The van der Waals surface area contributed by atoms with Gasteiger partial charge in [0, 0.05) is 11.3 Å². The summed E-state index contributed by atoms with van der Waals surface area (Å²) in [7, 11) is 0. The van der Waals surface area contributed by atoms with Crippen LogP contribution in [0.4, 0.5) is 4.39 Å². The molecule has 0 saturated heterocycles. The third-order valence-electron chi connectivity index (χ3n) is 3.31. The molecule has 3 aromatic rings. The molecule has 1 N–H and O–H groups in total. The average molecular weight is 330 g/mol. The van der Waals surface area contributed by atoms with E-state index >= 15 is 0 Å². The zero-order chi connectivity index (χ0) is 16.1. The number of benzene rings is 2. The van der Waals surface area contributed by atoms with Crippen molar-refractivity contribution in [2.24, 2.45) is 0 Å². The van der Waals surface area contributed by atoms with Gasteiger partial charge in [0.15, 0.2) is 0 Å². The number of aliphatic hydroxyl groups excluding tert-OH is 1. The summed E-state index contributed by atoms with van der Waals surface area (Å²) in [6.45, 7) is 0.548. The fraction of sp³-hybridized carbons (Fsp3) is 0.188. The van der Waals surface area contributed by atoms with Crippen LogP contribution < -0.4 is 0 Å². The standard InChI is InChI=1S/C16H15FN4OS/c17-14-9-5-4-8-13(14)15(22)11-23-16-18-19-20-21(16)10-12-6-2-1-3-7-12/h1-9,15,22H,10-11H2. The van der Waals surface area contributed by atoms with Crippen LogP contribution in [0.2, 0.25) is 0 Å². The number of rotatable bonds is 6. The van der Waals surface area contributed by atoms with Gasteiger partial charge in [-0.2, -0.15) is 0 Å². The van der Waals surface area contributed by atoms with Crippen LogP contribution in [0.3, 0.4) is 0 Å². The summed E-state index contributed by atoms with van der Waals surface area (Å²) < 4.78 is 15.3. The summed E-state index contributed by atoms with van der Waals surface area (Å²) >= 11 is 1.29. The van der Waals surface area contributed by atoms with E-state index in [0.717, 1.165) is 5.56 Å². The van der Waals surface area contributed by atoms with Crippen LogP contribution in [-0.2, 0) is 6.54 Å². The third kappa shape index (κ3) is 3.94. The van der Waals surface area contributed by atoms with Gasteiger partial charge in [0.05, 0.1) is 12.6 Å². The molecule has 5 nitrogen and oxygen atoms in total. The topological polar surface area (TPSA) is 63.8 Å². The van der Waals surface area contributed by atoms with Crippen LogP contribution in [0.5, 0.6) is 0 Å². The van der Waals surface area contributed by atoms with Crippen molar-refractivity contribution >= 4 is 11.8 Å². The van der Waals surface area contributed by atoms with E-state index in [1.165, 1.54) is 17.8 Å². The molecule has 1 heterocycles. The maximum absolute atomic E-state index is 13.7. The Bertz CT molecular complexity index is 766. The van der Waals surface area contributed by atoms with Crippen molar-refractivity contribution in [3.63, 3.8) is 0 Å². The van der Waals surface area contributed by atoms with Gasteiger partial charge in [-0.25, -0.2) is 9.07 Å². The molecule has 0 radical (unpaired) electrons. The number of aliphatic hydroxyl groups is 1. The van der Waals surface area contributed by atoms with Crippen LogP contribution in [0.15, 0.2) is 59.8 Å². The van der Waals surface area contributed by atoms with E-state index in [-0.39, 0.29) is 11.3 Å². The summed E-state index contributed by atoms with van der Waals surface area (Å²) in [6, 6.07) is 16.0. The van der Waals surface area contributed by atoms with Crippen LogP contribution in [-0.4, -0.2) is 31.1 Å². The van der Waals surface area contributed by atoms with Crippen molar-refractivity contribution in [3.05, 3.63) is 71.5 Å². The molecular weight excluding hydrogens is 315 g/mol. The Hall–Kier alpha value is -2.25. The maximum atomic E-state index is 13.7. The van der Waals surface area contributed by atoms with E-state index in [9.17, 15) is 9.50 Å². The first-order chi connectivity index (χ1) is 11.2. The molecule has 7 heteroatoms. The van der Waals surface area contributed by atoms with Gasteiger partial charge in [0.25, 0.3) is 0 Å². The maximum Gasteiger partial charge on any atom is 0.209 e. The molecule has 0 spiro atoms. The van der Waals surface area contributed by atoms with Crippen LogP contribution in [0.1, 0.15) is 17.2 Å². The molecule has 2 aromatic carbocycles. The van der Waals surface area contributed by atoms with Crippen molar-refractivity contribution in [2.75, 3.05) is 5.75 Å². The van der Waals surface area contributed by atoms with Gasteiger partial charge in [-0.3, -0.25) is 0 Å². The second kappa shape index (κ2) is 7.34. The van der Waals surface area contributed by atoms with Crippen molar-refractivity contribution < 1.29 is 9.50 Å². The average Bonchev–Trinajstić information content (AvgIpc) is 3.01. The second-order valence-electron chi connectivity index (χ2n) is 4.95. The minimum absolute atomic E-state index is 0.274.